The zero-order valence-electron chi connectivity index (χ0n) is 23.7. The smallest absolute Gasteiger partial charge is 0.195 e. The molecule has 3 aliphatic rings. The number of rotatable bonds is 6. The van der Waals surface area contributed by atoms with Gasteiger partial charge in [0.25, 0.3) is 0 Å². The van der Waals surface area contributed by atoms with E-state index in [0.717, 1.165) is 78.2 Å². The van der Waals surface area contributed by atoms with Gasteiger partial charge in [-0.1, -0.05) is 58.9 Å². The molecule has 2 aromatic carbocycles. The molecule has 204 valence electrons. The monoisotopic (exact) mass is 523 g/mol. The summed E-state index contributed by atoms with van der Waals surface area (Å²) in [6, 6.07) is 12.2. The number of hydrogen-bond acceptors (Lipinski definition) is 4. The van der Waals surface area contributed by atoms with Crippen molar-refractivity contribution in [2.75, 3.05) is 24.6 Å². The van der Waals surface area contributed by atoms with Crippen LogP contribution in [0, 0.1) is 17.2 Å². The van der Waals surface area contributed by atoms with E-state index in [1.165, 1.54) is 49.8 Å². The molecule has 3 aromatic rings. The first kappa shape index (κ1) is 26.1. The number of piperidine rings is 1. The molecule has 39 heavy (non-hydrogen) atoms. The lowest BCUT2D eigenvalue weighted by atomic mass is 9.70. The molecular formula is C34H41N3O2. The van der Waals surface area contributed by atoms with Crippen molar-refractivity contribution in [3.8, 4) is 6.07 Å². The summed E-state index contributed by atoms with van der Waals surface area (Å²) >= 11 is 0. The van der Waals surface area contributed by atoms with Gasteiger partial charge in [-0.05, 0) is 67.0 Å². The first-order valence-electron chi connectivity index (χ1n) is 15.1. The van der Waals surface area contributed by atoms with Crippen LogP contribution < -0.4 is 4.90 Å². The van der Waals surface area contributed by atoms with Crippen molar-refractivity contribution < 1.29 is 9.53 Å². The van der Waals surface area contributed by atoms with Gasteiger partial charge in [-0.25, -0.2) is 0 Å². The lowest BCUT2D eigenvalue weighted by Crippen LogP contribution is -2.38. The van der Waals surface area contributed by atoms with E-state index < -0.39 is 0 Å². The molecule has 2 fully saturated rings. The highest BCUT2D eigenvalue weighted by Gasteiger charge is 2.40. The maximum absolute atomic E-state index is 13.9. The maximum Gasteiger partial charge on any atom is 0.195 e. The molecule has 2 heterocycles. The minimum Gasteiger partial charge on any atom is -0.378 e. The minimum atomic E-state index is -0.355. The predicted molar refractivity (Wildman–Crippen MR) is 157 cm³/mol. The number of nitrogens with one attached hydrogen (secondary N) is 1. The van der Waals surface area contributed by atoms with Crippen LogP contribution in [-0.4, -0.2) is 36.6 Å². The first-order chi connectivity index (χ1) is 18.9. The second-order valence-electron chi connectivity index (χ2n) is 12.4. The van der Waals surface area contributed by atoms with Gasteiger partial charge in [-0.2, -0.15) is 5.26 Å². The van der Waals surface area contributed by atoms with E-state index in [9.17, 15) is 10.1 Å². The van der Waals surface area contributed by atoms with E-state index in [2.05, 4.69) is 48.9 Å². The fraction of sp³-hybridized carbons (Fsp3) is 0.529. The Balaban J connectivity index is 1.23. The molecule has 1 N–H and O–H groups in total. The number of ketones is 1. The third-order valence-corrected chi connectivity index (χ3v) is 9.68. The number of ether oxygens (including phenoxy) is 1. The Bertz CT molecular complexity index is 1430. The number of nitrogens with zero attached hydrogens (tertiary/aromatic N) is 2. The molecule has 0 amide bonds. The summed E-state index contributed by atoms with van der Waals surface area (Å²) in [5.74, 6) is 0.959. The van der Waals surface area contributed by atoms with Crippen LogP contribution in [0.3, 0.4) is 0 Å². The number of fused-ring (bicyclic) bond motifs is 4. The van der Waals surface area contributed by atoms with Crippen molar-refractivity contribution in [2.24, 2.45) is 5.92 Å². The average Bonchev–Trinajstić information content (AvgIpc) is 3.36. The van der Waals surface area contributed by atoms with E-state index in [1.807, 2.05) is 12.1 Å². The van der Waals surface area contributed by atoms with Gasteiger partial charge in [0.2, 0.25) is 0 Å². The van der Waals surface area contributed by atoms with Crippen LogP contribution in [0.2, 0.25) is 0 Å². The van der Waals surface area contributed by atoms with Gasteiger partial charge >= 0.3 is 0 Å². The fourth-order valence-electron chi connectivity index (χ4n) is 7.30. The molecule has 6 rings (SSSR count). The Morgan fingerprint density at radius 3 is 2.56 bits per heavy atom. The number of aryl methyl sites for hydroxylation is 1. The van der Waals surface area contributed by atoms with Crippen molar-refractivity contribution in [2.45, 2.75) is 90.1 Å². The summed E-state index contributed by atoms with van der Waals surface area (Å²) < 4.78 is 6.35. The number of anilines is 1. The van der Waals surface area contributed by atoms with E-state index in [4.69, 9.17) is 4.74 Å². The Morgan fingerprint density at radius 1 is 1.08 bits per heavy atom. The number of carbonyl (C=O) groups is 1. The standard InChI is InChI=1S/C34H41N3O2/c1-4-24-19-27-28(34(2,3)33-31(32(27)38)26-11-10-23(21-35)18-29(26)36-33)20-30(24)37-15-12-25(13-16-37)39-17-14-22-8-6-5-7-9-22/h10-11,18-20,22,25,36H,4-9,12-17H2,1-3H3. The average molecular weight is 524 g/mol. The molecule has 0 spiro atoms. The number of hydrogen-bond donors (Lipinski definition) is 1. The summed E-state index contributed by atoms with van der Waals surface area (Å²) in [4.78, 5) is 20.0. The van der Waals surface area contributed by atoms with Crippen molar-refractivity contribution in [1.29, 1.82) is 5.26 Å². The first-order valence-corrected chi connectivity index (χ1v) is 15.1. The van der Waals surface area contributed by atoms with E-state index >= 15 is 0 Å². The van der Waals surface area contributed by atoms with Gasteiger partial charge in [0.05, 0.1) is 23.3 Å². The van der Waals surface area contributed by atoms with E-state index in [-0.39, 0.29) is 11.2 Å². The predicted octanol–water partition coefficient (Wildman–Crippen LogP) is 7.43. The molecule has 0 bridgehead atoms. The van der Waals surface area contributed by atoms with Gasteiger partial charge in [-0.15, -0.1) is 0 Å². The van der Waals surface area contributed by atoms with Crippen molar-refractivity contribution >= 4 is 22.4 Å². The maximum atomic E-state index is 13.9. The van der Waals surface area contributed by atoms with Gasteiger partial charge in [0, 0.05) is 53.0 Å². The zero-order chi connectivity index (χ0) is 27.1. The third kappa shape index (κ3) is 4.67. The molecule has 5 heteroatoms. The van der Waals surface area contributed by atoms with Crippen molar-refractivity contribution in [3.05, 3.63) is 63.8 Å². The van der Waals surface area contributed by atoms with E-state index in [0.29, 0.717) is 11.7 Å². The summed E-state index contributed by atoms with van der Waals surface area (Å²) in [6.07, 6.45) is 11.6. The topological polar surface area (TPSA) is 69.1 Å². The zero-order valence-corrected chi connectivity index (χ0v) is 23.7. The largest absolute Gasteiger partial charge is 0.378 e. The van der Waals surface area contributed by atoms with Crippen LogP contribution in [0.15, 0.2) is 30.3 Å². The number of aromatic amines is 1. The second kappa shape index (κ2) is 10.5. The van der Waals surface area contributed by atoms with Gasteiger partial charge < -0.3 is 14.6 Å². The SMILES string of the molecule is CCc1cc2c(cc1N1CCC(OCCC3CCCCC3)CC1)C(C)(C)c1[nH]c3cc(C#N)ccc3c1C2=O. The van der Waals surface area contributed by atoms with Crippen LogP contribution in [0.1, 0.15) is 110 Å². The van der Waals surface area contributed by atoms with Crippen LogP contribution in [0.5, 0.6) is 0 Å². The lowest BCUT2D eigenvalue weighted by molar-refractivity contribution is 0.0270. The van der Waals surface area contributed by atoms with Crippen molar-refractivity contribution in [3.63, 3.8) is 0 Å². The second-order valence-corrected chi connectivity index (χ2v) is 12.4. The van der Waals surface area contributed by atoms with Crippen LogP contribution in [-0.2, 0) is 16.6 Å². The highest BCUT2D eigenvalue weighted by Crippen LogP contribution is 2.46. The summed E-state index contributed by atoms with van der Waals surface area (Å²) in [5, 5.41) is 10.3. The Kier molecular flexibility index (Phi) is 7.02. The molecule has 1 aliphatic heterocycles. The molecule has 5 nitrogen and oxygen atoms in total. The minimum absolute atomic E-state index is 0.0848. The third-order valence-electron chi connectivity index (χ3n) is 9.68. The highest BCUT2D eigenvalue weighted by molar-refractivity contribution is 6.20. The number of nitriles is 1. The number of aromatic nitrogens is 1. The fourth-order valence-corrected chi connectivity index (χ4v) is 7.30. The van der Waals surface area contributed by atoms with Gasteiger partial charge in [-0.3, -0.25) is 4.79 Å². The summed E-state index contributed by atoms with van der Waals surface area (Å²) in [5.41, 5.74) is 7.22. The molecular weight excluding hydrogens is 482 g/mol. The van der Waals surface area contributed by atoms with E-state index in [1.54, 1.807) is 6.07 Å². The van der Waals surface area contributed by atoms with Gasteiger partial charge in [0.1, 0.15) is 0 Å². The Morgan fingerprint density at radius 2 is 1.85 bits per heavy atom. The normalized spacial score (nSPS) is 19.6. The molecule has 1 saturated heterocycles. The molecule has 1 aromatic heterocycles. The highest BCUT2D eigenvalue weighted by atomic mass is 16.5. The summed E-state index contributed by atoms with van der Waals surface area (Å²) in [7, 11) is 0. The van der Waals surface area contributed by atoms with Gasteiger partial charge in [0.15, 0.2) is 5.78 Å². The molecule has 0 unspecified atom stereocenters. The summed E-state index contributed by atoms with van der Waals surface area (Å²) in [6.45, 7) is 9.49. The number of H-pyrrole nitrogens is 1. The lowest BCUT2D eigenvalue weighted by Gasteiger charge is -2.38. The van der Waals surface area contributed by atoms with Crippen LogP contribution in [0.25, 0.3) is 10.9 Å². The Hall–Kier alpha value is -3.10. The van der Waals surface area contributed by atoms with Crippen molar-refractivity contribution in [1.82, 2.24) is 4.98 Å². The number of carbonyl (C=O) groups excluding carboxylic acids is 1. The molecule has 0 radical (unpaired) electrons. The molecule has 0 atom stereocenters. The molecule has 1 saturated carbocycles. The number of benzene rings is 2. The quantitative estimate of drug-likeness (QED) is 0.365. The van der Waals surface area contributed by atoms with Crippen LogP contribution >= 0.6 is 0 Å². The van der Waals surface area contributed by atoms with Crippen LogP contribution in [0.4, 0.5) is 5.69 Å². The molecule has 2 aliphatic carbocycles. The Labute approximate surface area is 232 Å².